The lowest BCUT2D eigenvalue weighted by molar-refractivity contribution is -0.968. The number of allylic oxidation sites excluding steroid dienone is 7. The van der Waals surface area contributed by atoms with Crippen molar-refractivity contribution in [1.29, 1.82) is 0 Å². The van der Waals surface area contributed by atoms with Gasteiger partial charge >= 0.3 is 5.79 Å². The molecule has 0 saturated heterocycles. The molecule has 0 bridgehead atoms. The third-order valence-corrected chi connectivity index (χ3v) is 4.15. The first kappa shape index (κ1) is 26.8. The monoisotopic (exact) mass is 422 g/mol. The SMILES string of the molecule is O=[C]CCCCCCC=CCC=CCC=CCC=CCC([N+](=O)[O-])([N+](=O)[O-])[N+](=O)[O-]. The van der Waals surface area contributed by atoms with Crippen LogP contribution in [0.25, 0.3) is 0 Å². The van der Waals surface area contributed by atoms with Gasteiger partial charge in [-0.15, -0.1) is 0 Å². The van der Waals surface area contributed by atoms with Gasteiger partial charge in [-0.05, 0) is 38.5 Å². The number of hydrogen-bond donors (Lipinski definition) is 0. The highest BCUT2D eigenvalue weighted by Gasteiger charge is 2.69. The van der Waals surface area contributed by atoms with E-state index in [-0.39, 0.29) is 0 Å². The highest BCUT2D eigenvalue weighted by molar-refractivity contribution is 5.50. The molecule has 0 aromatic rings. The molecule has 0 saturated carbocycles. The molecule has 0 amide bonds. The summed E-state index contributed by atoms with van der Waals surface area (Å²) in [7, 11) is 0. The molecule has 0 fully saturated rings. The highest BCUT2D eigenvalue weighted by Crippen LogP contribution is 2.18. The van der Waals surface area contributed by atoms with Crippen molar-refractivity contribution < 1.29 is 19.6 Å². The molecule has 0 N–H and O–H groups in total. The molecule has 0 aliphatic carbocycles. The molecule has 0 aliphatic rings. The zero-order valence-corrected chi connectivity index (χ0v) is 16.9. The Bertz CT molecular complexity index is 633. The number of carbonyl (C=O) groups excluding carboxylic acids is 1. The Kier molecular flexibility index (Phi) is 15.0. The van der Waals surface area contributed by atoms with Crippen molar-refractivity contribution in [3.05, 3.63) is 79.0 Å². The molecule has 0 atom stereocenters. The Morgan fingerprint density at radius 2 is 1.07 bits per heavy atom. The van der Waals surface area contributed by atoms with Gasteiger partial charge in [0, 0.05) is 6.42 Å². The predicted molar refractivity (Wildman–Crippen MR) is 112 cm³/mol. The van der Waals surface area contributed by atoms with Gasteiger partial charge in [-0.25, -0.2) is 0 Å². The van der Waals surface area contributed by atoms with Gasteiger partial charge in [0.2, 0.25) is 0 Å². The summed E-state index contributed by atoms with van der Waals surface area (Å²) in [6.45, 7) is 0. The minimum Gasteiger partial charge on any atom is -0.291 e. The number of rotatable bonds is 18. The maximum Gasteiger partial charge on any atom is 0.703 e. The van der Waals surface area contributed by atoms with Gasteiger partial charge in [0.05, 0.1) is 0 Å². The van der Waals surface area contributed by atoms with Crippen molar-refractivity contribution in [2.45, 2.75) is 70.0 Å². The summed E-state index contributed by atoms with van der Waals surface area (Å²) in [5, 5.41) is 32.3. The van der Waals surface area contributed by atoms with Gasteiger partial charge in [0.1, 0.15) is 0 Å². The van der Waals surface area contributed by atoms with Crippen LogP contribution in [0.2, 0.25) is 0 Å². The molecular weight excluding hydrogens is 394 g/mol. The average molecular weight is 422 g/mol. The lowest BCUT2D eigenvalue weighted by Gasteiger charge is -2.06. The van der Waals surface area contributed by atoms with Crippen LogP contribution in [-0.4, -0.2) is 26.8 Å². The van der Waals surface area contributed by atoms with E-state index in [1.54, 1.807) is 6.08 Å². The molecule has 0 unspecified atom stereocenters. The van der Waals surface area contributed by atoms with E-state index in [0.29, 0.717) is 19.3 Å². The van der Waals surface area contributed by atoms with Crippen molar-refractivity contribution in [2.24, 2.45) is 0 Å². The third-order valence-electron chi connectivity index (χ3n) is 4.15. The Labute approximate surface area is 175 Å². The molecular formula is C20H28N3O7. The maximum atomic E-state index is 10.8. The van der Waals surface area contributed by atoms with Crippen LogP contribution in [0.15, 0.2) is 48.6 Å². The first-order chi connectivity index (χ1) is 14.4. The summed E-state index contributed by atoms with van der Waals surface area (Å²) in [4.78, 5) is 37.9. The average Bonchev–Trinajstić information content (AvgIpc) is 2.69. The van der Waals surface area contributed by atoms with Gasteiger partial charge < -0.3 is 0 Å². The Balaban J connectivity index is 3.99. The molecule has 165 valence electrons. The molecule has 10 nitrogen and oxygen atoms in total. The van der Waals surface area contributed by atoms with Crippen molar-refractivity contribution in [1.82, 2.24) is 0 Å². The van der Waals surface area contributed by atoms with Crippen molar-refractivity contribution in [2.75, 3.05) is 0 Å². The predicted octanol–water partition coefficient (Wildman–Crippen LogP) is 4.71. The topological polar surface area (TPSA) is 146 Å². The number of unbranched alkanes of at least 4 members (excludes halogenated alkanes) is 5. The van der Waals surface area contributed by atoms with Gasteiger partial charge in [-0.2, -0.15) is 0 Å². The fraction of sp³-hybridized carbons (Fsp3) is 0.550. The lowest BCUT2D eigenvalue weighted by atomic mass is 10.1. The van der Waals surface area contributed by atoms with Crippen LogP contribution < -0.4 is 0 Å². The van der Waals surface area contributed by atoms with Crippen molar-refractivity contribution in [3.63, 3.8) is 0 Å². The molecule has 0 aromatic heterocycles. The smallest absolute Gasteiger partial charge is 0.291 e. The molecule has 30 heavy (non-hydrogen) atoms. The first-order valence-electron chi connectivity index (χ1n) is 9.78. The van der Waals surface area contributed by atoms with Crippen LogP contribution in [-0.2, 0) is 4.79 Å². The molecule has 10 heteroatoms. The summed E-state index contributed by atoms with van der Waals surface area (Å²) in [6, 6.07) is 0. The van der Waals surface area contributed by atoms with E-state index < -0.39 is 27.0 Å². The molecule has 0 spiro atoms. The molecule has 1 radical (unpaired) electrons. The summed E-state index contributed by atoms with van der Waals surface area (Å²) >= 11 is 0. The number of hydrogen-bond acceptors (Lipinski definition) is 7. The number of nitro groups is 3. The summed E-state index contributed by atoms with van der Waals surface area (Å²) in [5.74, 6) is -3.44. The van der Waals surface area contributed by atoms with E-state index in [0.717, 1.165) is 44.6 Å². The first-order valence-corrected chi connectivity index (χ1v) is 9.78. The summed E-state index contributed by atoms with van der Waals surface area (Å²) in [6.07, 6.45) is 23.0. The maximum absolute atomic E-state index is 10.8. The Morgan fingerprint density at radius 1 is 0.633 bits per heavy atom. The summed E-state index contributed by atoms with van der Waals surface area (Å²) < 4.78 is 0. The quantitative estimate of drug-likeness (QED) is 0.102. The van der Waals surface area contributed by atoms with Crippen molar-refractivity contribution in [3.8, 4) is 0 Å². The van der Waals surface area contributed by atoms with E-state index in [9.17, 15) is 35.1 Å². The van der Waals surface area contributed by atoms with E-state index in [1.807, 2.05) is 24.5 Å². The van der Waals surface area contributed by atoms with Gasteiger partial charge in [0.15, 0.2) is 27.5 Å². The van der Waals surface area contributed by atoms with E-state index in [4.69, 9.17) is 0 Å². The standard InChI is InChI=1S/C20H28N3O7/c24-19-17-15-13-11-9-7-5-3-1-2-4-6-8-10-12-14-16-18-20(21(25)26,22(27)28)23(29)30/h2-5,8,10,14,16H,1,6-7,9,11-13,15,17-18H2. The molecule has 0 aromatic carbocycles. The van der Waals surface area contributed by atoms with Gasteiger partial charge in [-0.1, -0.05) is 61.4 Å². The fourth-order valence-electron chi connectivity index (χ4n) is 2.41. The highest BCUT2D eigenvalue weighted by atomic mass is 16.7. The van der Waals surface area contributed by atoms with Gasteiger partial charge in [-0.3, -0.25) is 35.1 Å². The van der Waals surface area contributed by atoms with Crippen LogP contribution in [0.1, 0.15) is 64.2 Å². The third kappa shape index (κ3) is 11.0. The van der Waals surface area contributed by atoms with E-state index in [2.05, 4.69) is 12.2 Å². The Hall–Kier alpha value is -3.17. The van der Waals surface area contributed by atoms with E-state index >= 15 is 0 Å². The zero-order chi connectivity index (χ0) is 22.7. The second kappa shape index (κ2) is 16.8. The van der Waals surface area contributed by atoms with E-state index in [1.165, 1.54) is 6.08 Å². The van der Waals surface area contributed by atoms with Crippen LogP contribution in [0.4, 0.5) is 0 Å². The number of nitrogens with zero attached hydrogens (tertiary/aromatic N) is 3. The minimum atomic E-state index is -3.44. The lowest BCUT2D eigenvalue weighted by Crippen LogP contribution is -2.52. The van der Waals surface area contributed by atoms with Crippen molar-refractivity contribution >= 4 is 6.29 Å². The van der Waals surface area contributed by atoms with Crippen LogP contribution in [0.5, 0.6) is 0 Å². The van der Waals surface area contributed by atoms with Crippen LogP contribution >= 0.6 is 0 Å². The molecule has 0 aliphatic heterocycles. The molecule has 0 rings (SSSR count). The Morgan fingerprint density at radius 3 is 1.53 bits per heavy atom. The second-order valence-electron chi connectivity index (χ2n) is 6.44. The van der Waals surface area contributed by atoms with Crippen LogP contribution in [0.3, 0.4) is 0 Å². The minimum absolute atomic E-state index is 0.363. The zero-order valence-electron chi connectivity index (χ0n) is 16.9. The van der Waals surface area contributed by atoms with Gasteiger partial charge in [0.25, 0.3) is 0 Å². The largest absolute Gasteiger partial charge is 0.703 e. The second-order valence-corrected chi connectivity index (χ2v) is 6.44. The summed E-state index contributed by atoms with van der Waals surface area (Å²) in [5.41, 5.74) is 0. The molecule has 0 heterocycles. The fourth-order valence-corrected chi connectivity index (χ4v) is 2.41. The normalized spacial score (nSPS) is 12.4. The van der Waals surface area contributed by atoms with Crippen LogP contribution in [0, 0.1) is 30.3 Å².